The van der Waals surface area contributed by atoms with Crippen molar-refractivity contribution in [3.63, 3.8) is 0 Å². The summed E-state index contributed by atoms with van der Waals surface area (Å²) in [5, 5.41) is 13.2. The van der Waals surface area contributed by atoms with Gasteiger partial charge in [-0.15, -0.1) is 0 Å². The number of nitrogens with one attached hydrogen (secondary N) is 2. The number of ether oxygens (including phenoxy) is 2. The molecule has 0 radical (unpaired) electrons. The SMILES string of the molecule is COc1ccc2[nH]c(CC(NC(=O)OCC3c4ccccc4-c4ccccc43)C(=O)O)c(C)c2c1. The monoisotopic (exact) mass is 470 g/mol. The van der Waals surface area contributed by atoms with E-state index in [1.807, 2.05) is 61.5 Å². The number of H-pyrrole nitrogens is 1. The summed E-state index contributed by atoms with van der Waals surface area (Å²) in [5.74, 6) is -0.505. The highest BCUT2D eigenvalue weighted by molar-refractivity contribution is 5.87. The molecule has 3 N–H and O–H groups in total. The Labute approximate surface area is 202 Å². The lowest BCUT2D eigenvalue weighted by Gasteiger charge is -2.17. The van der Waals surface area contributed by atoms with Crippen LogP contribution in [0.1, 0.15) is 28.3 Å². The van der Waals surface area contributed by atoms with Gasteiger partial charge in [-0.3, -0.25) is 0 Å². The number of carboxylic acid groups (broad SMARTS) is 1. The average molecular weight is 471 g/mol. The first-order valence-electron chi connectivity index (χ1n) is 11.5. The third kappa shape index (κ3) is 4.21. The topological polar surface area (TPSA) is 101 Å². The largest absolute Gasteiger partial charge is 0.497 e. The summed E-state index contributed by atoms with van der Waals surface area (Å²) in [4.78, 5) is 27.9. The van der Waals surface area contributed by atoms with Crippen molar-refractivity contribution >= 4 is 23.0 Å². The maximum Gasteiger partial charge on any atom is 0.407 e. The third-order valence-electron chi connectivity index (χ3n) is 6.71. The van der Waals surface area contributed by atoms with Gasteiger partial charge in [0.05, 0.1) is 7.11 Å². The minimum absolute atomic E-state index is 0.0950. The molecule has 1 aliphatic carbocycles. The lowest BCUT2D eigenvalue weighted by molar-refractivity contribution is -0.139. The van der Waals surface area contributed by atoms with Crippen LogP contribution in [0.25, 0.3) is 22.0 Å². The number of fused-ring (bicyclic) bond motifs is 4. The molecule has 0 spiro atoms. The van der Waals surface area contributed by atoms with E-state index >= 15 is 0 Å². The Balaban J connectivity index is 1.29. The van der Waals surface area contributed by atoms with E-state index in [1.165, 1.54) is 0 Å². The van der Waals surface area contributed by atoms with Gasteiger partial charge in [-0.2, -0.15) is 0 Å². The van der Waals surface area contributed by atoms with Crippen LogP contribution in [0.5, 0.6) is 5.75 Å². The van der Waals surface area contributed by atoms with Crippen molar-refractivity contribution in [2.45, 2.75) is 25.3 Å². The fourth-order valence-corrected chi connectivity index (χ4v) is 4.88. The Bertz CT molecular complexity index is 1380. The summed E-state index contributed by atoms with van der Waals surface area (Å²) in [5.41, 5.74) is 6.99. The maximum atomic E-state index is 12.6. The van der Waals surface area contributed by atoms with Crippen LogP contribution in [0.2, 0.25) is 0 Å². The van der Waals surface area contributed by atoms with Crippen LogP contribution in [0.3, 0.4) is 0 Å². The minimum Gasteiger partial charge on any atom is -0.497 e. The molecule has 1 amide bonds. The number of alkyl carbamates (subject to hydrolysis) is 1. The summed E-state index contributed by atoms with van der Waals surface area (Å²) in [6.07, 6.45) is -0.655. The van der Waals surface area contributed by atoms with Crippen molar-refractivity contribution in [1.82, 2.24) is 10.3 Å². The van der Waals surface area contributed by atoms with E-state index in [9.17, 15) is 14.7 Å². The van der Waals surface area contributed by atoms with Crippen LogP contribution in [0.15, 0.2) is 66.7 Å². The van der Waals surface area contributed by atoms with Crippen molar-refractivity contribution < 1.29 is 24.2 Å². The van der Waals surface area contributed by atoms with Crippen LogP contribution in [0.4, 0.5) is 4.79 Å². The number of benzene rings is 3. The fourth-order valence-electron chi connectivity index (χ4n) is 4.88. The molecule has 5 rings (SSSR count). The van der Waals surface area contributed by atoms with E-state index < -0.39 is 18.1 Å². The van der Waals surface area contributed by atoms with Gasteiger partial charge in [0.25, 0.3) is 0 Å². The Morgan fingerprint density at radius 1 is 1.03 bits per heavy atom. The lowest BCUT2D eigenvalue weighted by Crippen LogP contribution is -2.43. The van der Waals surface area contributed by atoms with E-state index in [-0.39, 0.29) is 18.9 Å². The number of carboxylic acids is 1. The van der Waals surface area contributed by atoms with Crippen LogP contribution >= 0.6 is 0 Å². The Kier molecular flexibility index (Phi) is 5.91. The summed E-state index contributed by atoms with van der Waals surface area (Å²) >= 11 is 0. The van der Waals surface area contributed by atoms with Gasteiger partial charge in [-0.1, -0.05) is 48.5 Å². The zero-order valence-electron chi connectivity index (χ0n) is 19.5. The molecule has 3 aromatic carbocycles. The molecule has 35 heavy (non-hydrogen) atoms. The van der Waals surface area contributed by atoms with Gasteiger partial charge in [-0.05, 0) is 52.9 Å². The van der Waals surface area contributed by atoms with Crippen molar-refractivity contribution in [2.24, 2.45) is 0 Å². The van der Waals surface area contributed by atoms with Crippen molar-refractivity contribution in [1.29, 1.82) is 0 Å². The molecule has 1 aliphatic rings. The van der Waals surface area contributed by atoms with Gasteiger partial charge < -0.3 is 24.9 Å². The first-order valence-corrected chi connectivity index (χ1v) is 11.5. The second kappa shape index (κ2) is 9.18. The van der Waals surface area contributed by atoms with E-state index in [1.54, 1.807) is 7.11 Å². The van der Waals surface area contributed by atoms with E-state index in [0.29, 0.717) is 0 Å². The second-order valence-electron chi connectivity index (χ2n) is 8.70. The third-order valence-corrected chi connectivity index (χ3v) is 6.71. The first kappa shape index (κ1) is 22.5. The van der Waals surface area contributed by atoms with Gasteiger partial charge in [-0.25, -0.2) is 9.59 Å². The first-order chi connectivity index (χ1) is 17.0. The highest BCUT2D eigenvalue weighted by Gasteiger charge is 2.30. The number of hydrogen-bond donors (Lipinski definition) is 3. The number of aromatic amines is 1. The van der Waals surface area contributed by atoms with Gasteiger partial charge >= 0.3 is 12.1 Å². The number of carbonyl (C=O) groups excluding carboxylic acids is 1. The van der Waals surface area contributed by atoms with E-state index in [2.05, 4.69) is 22.4 Å². The summed E-state index contributed by atoms with van der Waals surface area (Å²) in [6.45, 7) is 2.04. The maximum absolute atomic E-state index is 12.6. The van der Waals surface area contributed by atoms with Crippen molar-refractivity contribution in [2.75, 3.05) is 13.7 Å². The number of aromatic nitrogens is 1. The molecule has 7 nitrogen and oxygen atoms in total. The smallest absolute Gasteiger partial charge is 0.407 e. The van der Waals surface area contributed by atoms with E-state index in [4.69, 9.17) is 9.47 Å². The summed E-state index contributed by atoms with van der Waals surface area (Å²) in [6, 6.07) is 20.6. The van der Waals surface area contributed by atoms with E-state index in [0.717, 1.165) is 50.2 Å². The van der Waals surface area contributed by atoms with Gasteiger partial charge in [0.15, 0.2) is 0 Å². The second-order valence-corrected chi connectivity index (χ2v) is 8.70. The molecule has 4 aromatic rings. The van der Waals surface area contributed by atoms with Crippen LogP contribution < -0.4 is 10.1 Å². The minimum atomic E-state index is -1.14. The molecule has 0 saturated carbocycles. The predicted octanol–water partition coefficient (Wildman–Crippen LogP) is 5.02. The molecule has 178 valence electrons. The predicted molar refractivity (Wildman–Crippen MR) is 133 cm³/mol. The lowest BCUT2D eigenvalue weighted by atomic mass is 9.98. The highest BCUT2D eigenvalue weighted by atomic mass is 16.5. The molecule has 0 fully saturated rings. The Hall–Kier alpha value is -4.26. The number of rotatable bonds is 7. The molecular formula is C28H26N2O5. The summed E-state index contributed by atoms with van der Waals surface area (Å²) < 4.78 is 10.8. The molecular weight excluding hydrogens is 444 g/mol. The number of hydrogen-bond acceptors (Lipinski definition) is 4. The molecule has 1 heterocycles. The van der Waals surface area contributed by atoms with Gasteiger partial charge in [0.1, 0.15) is 18.4 Å². The highest BCUT2D eigenvalue weighted by Crippen LogP contribution is 2.44. The molecule has 0 saturated heterocycles. The fraction of sp³-hybridized carbons (Fsp3) is 0.214. The molecule has 1 unspecified atom stereocenters. The Morgan fingerprint density at radius 3 is 2.31 bits per heavy atom. The van der Waals surface area contributed by atoms with Crippen molar-refractivity contribution in [3.05, 3.63) is 89.1 Å². The van der Waals surface area contributed by atoms with Gasteiger partial charge in [0.2, 0.25) is 0 Å². The molecule has 1 aromatic heterocycles. The number of carbonyl (C=O) groups is 2. The Morgan fingerprint density at radius 2 is 1.69 bits per heavy atom. The molecule has 7 heteroatoms. The van der Waals surface area contributed by atoms with Crippen LogP contribution in [-0.2, 0) is 16.0 Å². The molecule has 0 bridgehead atoms. The zero-order chi connectivity index (χ0) is 24.5. The number of amides is 1. The van der Waals surface area contributed by atoms with Crippen molar-refractivity contribution in [3.8, 4) is 16.9 Å². The zero-order valence-corrected chi connectivity index (χ0v) is 19.5. The molecule has 0 aliphatic heterocycles. The number of methoxy groups -OCH3 is 1. The van der Waals surface area contributed by atoms with Crippen LogP contribution in [-0.4, -0.2) is 41.9 Å². The number of aliphatic carboxylic acids is 1. The normalized spacial score (nSPS) is 13.2. The summed E-state index contributed by atoms with van der Waals surface area (Å²) in [7, 11) is 1.60. The molecule has 1 atom stereocenters. The average Bonchev–Trinajstić information content (AvgIpc) is 3.36. The van der Waals surface area contributed by atoms with Crippen LogP contribution in [0, 0.1) is 6.92 Å². The standard InChI is InChI=1S/C28H26N2O5/c1-16-22-13-17(34-2)11-12-24(22)29-25(16)14-26(27(31)32)30-28(33)35-15-23-20-9-5-3-7-18(20)19-8-4-6-10-21(19)23/h3-13,23,26,29H,14-15H2,1-2H3,(H,30,33)(H,31,32). The quantitative estimate of drug-likeness (QED) is 0.352. The number of aryl methyl sites for hydroxylation is 1. The van der Waals surface area contributed by atoms with Gasteiger partial charge in [0, 0.05) is 28.9 Å².